The summed E-state index contributed by atoms with van der Waals surface area (Å²) in [6.45, 7) is 4.00. The summed E-state index contributed by atoms with van der Waals surface area (Å²) in [4.78, 5) is 12.4. The number of carbonyl (C=O) groups excluding carboxylic acids is 1. The van der Waals surface area contributed by atoms with Crippen LogP contribution < -0.4 is 15.8 Å². The predicted octanol–water partition coefficient (Wildman–Crippen LogP) is 1.54. The maximum absolute atomic E-state index is 12.4. The number of ether oxygens (including phenoxy) is 1. The van der Waals surface area contributed by atoms with Gasteiger partial charge in [-0.25, -0.2) is 4.68 Å². The van der Waals surface area contributed by atoms with Crippen LogP contribution in [-0.4, -0.2) is 33.0 Å². The SMILES string of the molecule is COc1ccccc1-n1cc(CNC(=O)[C@@H](N)c2c(C)n[nH]c2C)cn1. The van der Waals surface area contributed by atoms with Gasteiger partial charge >= 0.3 is 0 Å². The Balaban J connectivity index is 1.67. The molecular weight excluding hydrogens is 332 g/mol. The number of aromatic nitrogens is 4. The van der Waals surface area contributed by atoms with Crippen LogP contribution in [0.3, 0.4) is 0 Å². The highest BCUT2D eigenvalue weighted by atomic mass is 16.5. The van der Waals surface area contributed by atoms with Crippen molar-refractivity contribution < 1.29 is 9.53 Å². The van der Waals surface area contributed by atoms with Gasteiger partial charge in [0.1, 0.15) is 17.5 Å². The highest BCUT2D eigenvalue weighted by molar-refractivity contribution is 5.83. The molecular formula is C18H22N6O2. The molecule has 0 spiro atoms. The third-order valence-corrected chi connectivity index (χ3v) is 4.21. The molecule has 4 N–H and O–H groups in total. The Morgan fingerprint density at radius 3 is 2.85 bits per heavy atom. The number of amides is 1. The van der Waals surface area contributed by atoms with E-state index in [1.807, 2.05) is 44.3 Å². The van der Waals surface area contributed by atoms with Gasteiger partial charge in [-0.2, -0.15) is 10.2 Å². The quantitative estimate of drug-likeness (QED) is 0.622. The monoisotopic (exact) mass is 354 g/mol. The molecule has 26 heavy (non-hydrogen) atoms. The van der Waals surface area contributed by atoms with Gasteiger partial charge in [0.2, 0.25) is 5.91 Å². The zero-order valence-corrected chi connectivity index (χ0v) is 15.0. The van der Waals surface area contributed by atoms with Crippen molar-refractivity contribution in [2.75, 3.05) is 7.11 Å². The molecule has 2 heterocycles. The first-order valence-corrected chi connectivity index (χ1v) is 8.23. The fourth-order valence-electron chi connectivity index (χ4n) is 2.85. The van der Waals surface area contributed by atoms with E-state index in [-0.39, 0.29) is 5.91 Å². The number of aryl methyl sites for hydroxylation is 2. The molecule has 2 aromatic heterocycles. The topological polar surface area (TPSA) is 111 Å². The molecule has 3 rings (SSSR count). The maximum Gasteiger partial charge on any atom is 0.241 e. The molecule has 0 aliphatic rings. The highest BCUT2D eigenvalue weighted by Gasteiger charge is 2.21. The van der Waals surface area contributed by atoms with Gasteiger partial charge in [-0.3, -0.25) is 9.89 Å². The second-order valence-corrected chi connectivity index (χ2v) is 6.01. The molecule has 1 amide bonds. The van der Waals surface area contributed by atoms with Crippen molar-refractivity contribution in [1.82, 2.24) is 25.3 Å². The van der Waals surface area contributed by atoms with E-state index in [0.717, 1.165) is 34.0 Å². The summed E-state index contributed by atoms with van der Waals surface area (Å²) < 4.78 is 7.06. The molecule has 0 unspecified atom stereocenters. The van der Waals surface area contributed by atoms with E-state index in [9.17, 15) is 4.79 Å². The Morgan fingerprint density at radius 1 is 1.38 bits per heavy atom. The number of hydrogen-bond acceptors (Lipinski definition) is 5. The lowest BCUT2D eigenvalue weighted by molar-refractivity contribution is -0.122. The Labute approximate surface area is 151 Å². The lowest BCUT2D eigenvalue weighted by atomic mass is 10.1. The Kier molecular flexibility index (Phi) is 5.04. The molecule has 0 saturated heterocycles. The minimum Gasteiger partial charge on any atom is -0.494 e. The van der Waals surface area contributed by atoms with Crippen LogP contribution >= 0.6 is 0 Å². The summed E-state index contributed by atoms with van der Waals surface area (Å²) in [7, 11) is 1.62. The van der Waals surface area contributed by atoms with E-state index >= 15 is 0 Å². The third-order valence-electron chi connectivity index (χ3n) is 4.21. The van der Waals surface area contributed by atoms with Crippen molar-refractivity contribution in [2.45, 2.75) is 26.4 Å². The Morgan fingerprint density at radius 2 is 2.15 bits per heavy atom. The Bertz CT molecular complexity index is 895. The zero-order valence-electron chi connectivity index (χ0n) is 15.0. The van der Waals surface area contributed by atoms with Crippen molar-refractivity contribution in [3.8, 4) is 11.4 Å². The zero-order chi connectivity index (χ0) is 18.7. The molecule has 3 aromatic rings. The average Bonchev–Trinajstić information content (AvgIpc) is 3.25. The van der Waals surface area contributed by atoms with Gasteiger partial charge in [-0.05, 0) is 26.0 Å². The van der Waals surface area contributed by atoms with Gasteiger partial charge in [-0.1, -0.05) is 12.1 Å². The van der Waals surface area contributed by atoms with E-state index in [4.69, 9.17) is 10.5 Å². The fraction of sp³-hybridized carbons (Fsp3) is 0.278. The standard InChI is InChI=1S/C18H22N6O2/c1-11-16(12(2)23-22-11)17(19)18(25)20-8-13-9-21-24(10-13)14-6-4-5-7-15(14)26-3/h4-7,9-10,17H,8,19H2,1-3H3,(H,20,25)(H,22,23)/t17-/m0/s1. The van der Waals surface area contributed by atoms with E-state index in [1.54, 1.807) is 18.0 Å². The number of nitrogens with one attached hydrogen (secondary N) is 2. The van der Waals surface area contributed by atoms with E-state index in [2.05, 4.69) is 20.6 Å². The summed E-state index contributed by atoms with van der Waals surface area (Å²) in [6, 6.07) is 6.82. The number of aromatic amines is 1. The second kappa shape index (κ2) is 7.40. The van der Waals surface area contributed by atoms with Gasteiger partial charge in [0.05, 0.1) is 19.0 Å². The normalized spacial score (nSPS) is 12.0. The van der Waals surface area contributed by atoms with Crippen molar-refractivity contribution in [3.05, 3.63) is 59.2 Å². The first kappa shape index (κ1) is 17.7. The van der Waals surface area contributed by atoms with Crippen LogP contribution in [0.5, 0.6) is 5.75 Å². The van der Waals surface area contributed by atoms with Gasteiger partial charge in [0.15, 0.2) is 0 Å². The number of benzene rings is 1. The first-order valence-electron chi connectivity index (χ1n) is 8.23. The van der Waals surface area contributed by atoms with Gasteiger partial charge in [0.25, 0.3) is 0 Å². The van der Waals surface area contributed by atoms with E-state index in [1.165, 1.54) is 0 Å². The molecule has 1 aromatic carbocycles. The molecule has 136 valence electrons. The number of methoxy groups -OCH3 is 1. The van der Waals surface area contributed by atoms with Crippen LogP contribution in [0.4, 0.5) is 0 Å². The molecule has 0 aliphatic heterocycles. The summed E-state index contributed by atoms with van der Waals surface area (Å²) in [6.07, 6.45) is 3.55. The van der Waals surface area contributed by atoms with Crippen LogP contribution in [0.1, 0.15) is 28.6 Å². The van der Waals surface area contributed by atoms with Crippen molar-refractivity contribution in [1.29, 1.82) is 0 Å². The summed E-state index contributed by atoms with van der Waals surface area (Å²) in [5, 5.41) is 14.1. The molecule has 1 atom stereocenters. The van der Waals surface area contributed by atoms with Crippen LogP contribution in [-0.2, 0) is 11.3 Å². The first-order chi connectivity index (χ1) is 12.5. The summed E-state index contributed by atoms with van der Waals surface area (Å²) in [5.74, 6) is 0.460. The Hall–Kier alpha value is -3.13. The highest BCUT2D eigenvalue weighted by Crippen LogP contribution is 2.22. The largest absolute Gasteiger partial charge is 0.494 e. The minimum atomic E-state index is -0.766. The number of hydrogen-bond donors (Lipinski definition) is 3. The molecule has 0 aliphatic carbocycles. The van der Waals surface area contributed by atoms with Crippen LogP contribution in [0.25, 0.3) is 5.69 Å². The number of rotatable bonds is 6. The molecule has 0 saturated carbocycles. The minimum absolute atomic E-state index is 0.261. The van der Waals surface area contributed by atoms with Crippen molar-refractivity contribution >= 4 is 5.91 Å². The van der Waals surface area contributed by atoms with E-state index in [0.29, 0.717) is 6.54 Å². The smallest absolute Gasteiger partial charge is 0.241 e. The number of nitrogens with zero attached hydrogens (tertiary/aromatic N) is 3. The number of para-hydroxylation sites is 2. The second-order valence-electron chi connectivity index (χ2n) is 6.01. The predicted molar refractivity (Wildman–Crippen MR) is 97.0 cm³/mol. The van der Waals surface area contributed by atoms with E-state index < -0.39 is 6.04 Å². The van der Waals surface area contributed by atoms with Crippen LogP contribution in [0.2, 0.25) is 0 Å². The van der Waals surface area contributed by atoms with Crippen molar-refractivity contribution in [2.24, 2.45) is 5.73 Å². The van der Waals surface area contributed by atoms with Gasteiger partial charge in [-0.15, -0.1) is 0 Å². The number of carbonyl (C=O) groups is 1. The lowest BCUT2D eigenvalue weighted by Gasteiger charge is -2.12. The fourth-order valence-corrected chi connectivity index (χ4v) is 2.85. The lowest BCUT2D eigenvalue weighted by Crippen LogP contribution is -2.34. The number of nitrogens with two attached hydrogens (primary N) is 1. The van der Waals surface area contributed by atoms with Gasteiger partial charge in [0, 0.05) is 29.6 Å². The molecule has 0 radical (unpaired) electrons. The summed E-state index contributed by atoms with van der Waals surface area (Å²) >= 11 is 0. The molecule has 0 bridgehead atoms. The van der Waals surface area contributed by atoms with Crippen LogP contribution in [0, 0.1) is 13.8 Å². The van der Waals surface area contributed by atoms with Crippen molar-refractivity contribution in [3.63, 3.8) is 0 Å². The third kappa shape index (κ3) is 3.45. The number of H-pyrrole nitrogens is 1. The maximum atomic E-state index is 12.4. The molecule has 8 heteroatoms. The molecule has 8 nitrogen and oxygen atoms in total. The van der Waals surface area contributed by atoms with Crippen LogP contribution in [0.15, 0.2) is 36.7 Å². The molecule has 0 fully saturated rings. The van der Waals surface area contributed by atoms with Gasteiger partial charge < -0.3 is 15.8 Å². The average molecular weight is 354 g/mol. The summed E-state index contributed by atoms with van der Waals surface area (Å²) in [5.41, 5.74) is 10.0.